The van der Waals surface area contributed by atoms with Crippen LogP contribution in [0.15, 0.2) is 11.5 Å². The fourth-order valence-corrected chi connectivity index (χ4v) is 4.92. The van der Waals surface area contributed by atoms with E-state index in [9.17, 15) is 24.6 Å². The summed E-state index contributed by atoms with van der Waals surface area (Å²) in [6, 6.07) is 0. The van der Waals surface area contributed by atoms with Crippen LogP contribution < -0.4 is 11.1 Å². The van der Waals surface area contributed by atoms with E-state index in [0.29, 0.717) is 5.16 Å². The molecule has 1 aromatic rings. The number of amides is 1. The first-order chi connectivity index (χ1) is 10.9. The SMILES string of the molecule is Cl.NCC(=O)N[C@@]1(C(=O)O)C[C@@H](Sc2nnc[nH]2)[C@H]2[C@H](C(=O)O)[C@H]21. The molecule has 0 aliphatic heterocycles. The molecule has 0 radical (unpaired) electrons. The Balaban J connectivity index is 0.00000208. The van der Waals surface area contributed by atoms with Crippen LogP contribution in [0.2, 0.25) is 0 Å². The molecule has 3 rings (SSSR count). The number of carboxylic acid groups (broad SMARTS) is 2. The van der Waals surface area contributed by atoms with Gasteiger partial charge in [0.2, 0.25) is 5.91 Å². The molecule has 10 nitrogen and oxygen atoms in total. The Morgan fingerprint density at radius 1 is 1.46 bits per heavy atom. The molecule has 24 heavy (non-hydrogen) atoms. The molecule has 0 spiro atoms. The molecule has 6 N–H and O–H groups in total. The maximum Gasteiger partial charge on any atom is 0.329 e. The van der Waals surface area contributed by atoms with E-state index in [1.54, 1.807) is 0 Å². The smallest absolute Gasteiger partial charge is 0.329 e. The fraction of sp³-hybridized carbons (Fsp3) is 0.583. The molecule has 132 valence electrons. The van der Waals surface area contributed by atoms with E-state index in [-0.39, 0.29) is 36.5 Å². The van der Waals surface area contributed by atoms with Gasteiger partial charge in [0.05, 0.1) is 12.5 Å². The van der Waals surface area contributed by atoms with E-state index in [0.717, 1.165) is 0 Å². The Kier molecular flexibility index (Phi) is 5.06. The van der Waals surface area contributed by atoms with E-state index in [2.05, 4.69) is 20.5 Å². The molecule has 2 saturated carbocycles. The maximum atomic E-state index is 11.8. The predicted molar refractivity (Wildman–Crippen MR) is 83.6 cm³/mol. The quantitative estimate of drug-likeness (QED) is 0.414. The van der Waals surface area contributed by atoms with Crippen LogP contribution in [0.3, 0.4) is 0 Å². The molecule has 0 aromatic carbocycles. The number of nitrogens with zero attached hydrogens (tertiary/aromatic N) is 2. The third kappa shape index (κ3) is 2.82. The molecular weight excluding hydrogens is 362 g/mol. The molecule has 0 bridgehead atoms. The minimum atomic E-state index is -1.61. The summed E-state index contributed by atoms with van der Waals surface area (Å²) in [5.41, 5.74) is 3.65. The van der Waals surface area contributed by atoms with Crippen LogP contribution in [0.5, 0.6) is 0 Å². The highest BCUT2D eigenvalue weighted by atomic mass is 35.5. The highest BCUT2D eigenvalue weighted by Gasteiger charge is 2.75. The number of halogens is 1. The molecule has 1 amide bonds. The van der Waals surface area contributed by atoms with E-state index < -0.39 is 35.2 Å². The molecule has 2 aliphatic rings. The van der Waals surface area contributed by atoms with E-state index in [4.69, 9.17) is 5.73 Å². The van der Waals surface area contributed by atoms with Crippen LogP contribution in [-0.2, 0) is 14.4 Å². The van der Waals surface area contributed by atoms with Crippen molar-refractivity contribution in [2.45, 2.75) is 22.4 Å². The number of rotatable bonds is 6. The Morgan fingerprint density at radius 3 is 2.67 bits per heavy atom. The number of aromatic amines is 1. The number of carbonyl (C=O) groups is 3. The summed E-state index contributed by atoms with van der Waals surface area (Å²) in [6.45, 7) is -0.357. The number of thioether (sulfide) groups is 1. The summed E-state index contributed by atoms with van der Waals surface area (Å²) < 4.78 is 0. The molecule has 12 heteroatoms. The average molecular weight is 378 g/mol. The largest absolute Gasteiger partial charge is 0.481 e. The van der Waals surface area contributed by atoms with Crippen molar-refractivity contribution in [1.82, 2.24) is 20.5 Å². The number of H-pyrrole nitrogens is 1. The lowest BCUT2D eigenvalue weighted by molar-refractivity contribution is -0.149. The number of nitrogens with two attached hydrogens (primary N) is 1. The lowest BCUT2D eigenvalue weighted by Gasteiger charge is -2.29. The molecule has 2 fully saturated rings. The molecule has 1 heterocycles. The van der Waals surface area contributed by atoms with E-state index in [1.165, 1.54) is 18.1 Å². The number of nitrogens with one attached hydrogen (secondary N) is 2. The second-order valence-electron chi connectivity index (χ2n) is 5.65. The molecule has 2 aliphatic carbocycles. The van der Waals surface area contributed by atoms with Gasteiger partial charge in [-0.05, 0) is 12.3 Å². The van der Waals surface area contributed by atoms with Crippen LogP contribution >= 0.6 is 24.2 Å². The molecule has 0 unspecified atom stereocenters. The van der Waals surface area contributed by atoms with Crippen LogP contribution in [0.25, 0.3) is 0 Å². The monoisotopic (exact) mass is 377 g/mol. The van der Waals surface area contributed by atoms with Gasteiger partial charge in [-0.2, -0.15) is 0 Å². The minimum absolute atomic E-state index is 0. The lowest BCUT2D eigenvalue weighted by Crippen LogP contribution is -2.57. The molecule has 1 aromatic heterocycles. The number of hydrogen-bond acceptors (Lipinski definition) is 7. The van der Waals surface area contributed by atoms with Gasteiger partial charge in [0.25, 0.3) is 0 Å². The fourth-order valence-electron chi connectivity index (χ4n) is 3.57. The zero-order valence-electron chi connectivity index (χ0n) is 12.2. The molecule has 0 saturated heterocycles. The van der Waals surface area contributed by atoms with Crippen LogP contribution in [0.4, 0.5) is 0 Å². The van der Waals surface area contributed by atoms with Crippen LogP contribution in [0.1, 0.15) is 6.42 Å². The van der Waals surface area contributed by atoms with Gasteiger partial charge in [-0.25, -0.2) is 4.79 Å². The van der Waals surface area contributed by atoms with Crippen molar-refractivity contribution in [3.63, 3.8) is 0 Å². The van der Waals surface area contributed by atoms with Crippen molar-refractivity contribution in [2.75, 3.05) is 6.54 Å². The zero-order valence-corrected chi connectivity index (χ0v) is 13.8. The first-order valence-corrected chi connectivity index (χ1v) is 7.78. The van der Waals surface area contributed by atoms with Gasteiger partial charge < -0.3 is 26.2 Å². The third-order valence-corrected chi connectivity index (χ3v) is 5.68. The zero-order chi connectivity index (χ0) is 16.8. The van der Waals surface area contributed by atoms with Crippen molar-refractivity contribution in [1.29, 1.82) is 0 Å². The topological polar surface area (TPSA) is 171 Å². The summed E-state index contributed by atoms with van der Waals surface area (Å²) >= 11 is 1.24. The van der Waals surface area contributed by atoms with E-state index in [1.807, 2.05) is 0 Å². The molecule has 5 atom stereocenters. The van der Waals surface area contributed by atoms with Crippen molar-refractivity contribution in [2.24, 2.45) is 23.5 Å². The third-order valence-electron chi connectivity index (χ3n) is 4.47. The number of aromatic nitrogens is 3. The summed E-state index contributed by atoms with van der Waals surface area (Å²) in [6.07, 6.45) is 1.50. The summed E-state index contributed by atoms with van der Waals surface area (Å²) in [5.74, 6) is -4.73. The molecular formula is C12H16ClN5O5S. The average Bonchev–Trinajstić information content (AvgIpc) is 2.91. The number of carboxylic acids is 2. The van der Waals surface area contributed by atoms with Gasteiger partial charge in [-0.15, -0.1) is 22.6 Å². The predicted octanol–water partition coefficient (Wildman–Crippen LogP) is -1.06. The Bertz CT molecular complexity index is 658. The summed E-state index contributed by atoms with van der Waals surface area (Å²) in [4.78, 5) is 37.7. The van der Waals surface area contributed by atoms with Gasteiger partial charge in [0.15, 0.2) is 5.16 Å². The number of fused-ring (bicyclic) bond motifs is 1. The van der Waals surface area contributed by atoms with Crippen LogP contribution in [0, 0.1) is 17.8 Å². The highest BCUT2D eigenvalue weighted by molar-refractivity contribution is 7.99. The lowest BCUT2D eigenvalue weighted by atomic mass is 9.90. The summed E-state index contributed by atoms with van der Waals surface area (Å²) in [7, 11) is 0. The minimum Gasteiger partial charge on any atom is -0.481 e. The number of carbonyl (C=O) groups excluding carboxylic acids is 1. The Morgan fingerprint density at radius 2 is 2.17 bits per heavy atom. The van der Waals surface area contributed by atoms with Gasteiger partial charge in [0.1, 0.15) is 11.9 Å². The first kappa shape index (κ1) is 18.5. The van der Waals surface area contributed by atoms with E-state index >= 15 is 0 Å². The van der Waals surface area contributed by atoms with Crippen molar-refractivity contribution in [3.05, 3.63) is 6.33 Å². The number of aliphatic carboxylic acids is 2. The Hall–Kier alpha value is -1.85. The normalized spacial score (nSPS) is 33.2. The standard InChI is InChI=1S/C12H15N5O5S.ClH/c13-2-5(18)16-12(10(21)22)1-4(23-11-14-3-15-17-11)6-7(8(6)12)9(19)20;/h3-4,6-8H,1-2,13H2,(H,16,18)(H,19,20)(H,21,22)(H,14,15,17);1H/t4-,6+,7+,8+,12+;/m1./s1. The first-order valence-electron chi connectivity index (χ1n) is 6.90. The second kappa shape index (κ2) is 6.57. The van der Waals surface area contributed by atoms with Crippen molar-refractivity contribution < 1.29 is 24.6 Å². The van der Waals surface area contributed by atoms with Gasteiger partial charge in [-0.1, -0.05) is 11.8 Å². The highest BCUT2D eigenvalue weighted by Crippen LogP contribution is 2.65. The van der Waals surface area contributed by atoms with Crippen molar-refractivity contribution in [3.8, 4) is 0 Å². The van der Waals surface area contributed by atoms with Gasteiger partial charge >= 0.3 is 11.9 Å². The Labute approximate surface area is 146 Å². The number of hydrogen-bond donors (Lipinski definition) is 5. The second-order valence-corrected chi connectivity index (χ2v) is 6.88. The van der Waals surface area contributed by atoms with Gasteiger partial charge in [-0.3, -0.25) is 9.59 Å². The summed E-state index contributed by atoms with van der Waals surface area (Å²) in [5, 5.41) is 29.1. The van der Waals surface area contributed by atoms with Crippen molar-refractivity contribution >= 4 is 42.0 Å². The van der Waals surface area contributed by atoms with Gasteiger partial charge in [0, 0.05) is 11.2 Å². The van der Waals surface area contributed by atoms with Crippen LogP contribution in [-0.4, -0.2) is 60.6 Å². The maximum absolute atomic E-state index is 11.8.